The van der Waals surface area contributed by atoms with Gasteiger partial charge in [0.15, 0.2) is 0 Å². The van der Waals surface area contributed by atoms with E-state index in [0.29, 0.717) is 17.3 Å². The Hall–Kier alpha value is -0.340. The highest BCUT2D eigenvalue weighted by atomic mass is 16.5. The minimum Gasteiger partial charge on any atom is -0.393 e. The molecular formula is C19H32O2. The topological polar surface area (TPSA) is 29.5 Å². The molecule has 0 bridgehead atoms. The standard InChI is InChI=1S/C19H32O2/c1-11(2)15(20)9-16(12(3)4)21-19-8-7-13-17(14(19)10-19)18(13,5)6/h7-8,11-17,20H,9-10H2,1-6H3/t13-,14+,15-,16-,17-,19-/m0/s1. The number of ether oxygens (including phenoxy) is 1. The fourth-order valence-electron chi connectivity index (χ4n) is 4.45. The highest BCUT2D eigenvalue weighted by molar-refractivity contribution is 5.35. The number of aliphatic hydroxyl groups is 1. The minimum atomic E-state index is -0.260. The van der Waals surface area contributed by atoms with E-state index in [4.69, 9.17) is 4.74 Å². The van der Waals surface area contributed by atoms with Crippen LogP contribution in [0.4, 0.5) is 0 Å². The quantitative estimate of drug-likeness (QED) is 0.749. The Morgan fingerprint density at radius 2 is 1.86 bits per heavy atom. The summed E-state index contributed by atoms with van der Waals surface area (Å²) in [6, 6.07) is 0. The fourth-order valence-corrected chi connectivity index (χ4v) is 4.45. The van der Waals surface area contributed by atoms with Gasteiger partial charge < -0.3 is 9.84 Å². The molecule has 2 fully saturated rings. The largest absolute Gasteiger partial charge is 0.393 e. The van der Waals surface area contributed by atoms with Crippen LogP contribution in [0.2, 0.25) is 0 Å². The first-order valence-electron chi connectivity index (χ1n) is 8.74. The molecular weight excluding hydrogens is 260 g/mol. The highest BCUT2D eigenvalue weighted by Crippen LogP contribution is 2.74. The lowest BCUT2D eigenvalue weighted by atomic mass is 9.94. The summed E-state index contributed by atoms with van der Waals surface area (Å²) >= 11 is 0. The molecule has 21 heavy (non-hydrogen) atoms. The van der Waals surface area contributed by atoms with E-state index in [9.17, 15) is 5.11 Å². The average Bonchev–Trinajstić information content (AvgIpc) is 3.22. The van der Waals surface area contributed by atoms with Crippen LogP contribution in [-0.2, 0) is 4.74 Å². The smallest absolute Gasteiger partial charge is 0.0902 e. The van der Waals surface area contributed by atoms with Crippen molar-refractivity contribution in [2.75, 3.05) is 0 Å². The van der Waals surface area contributed by atoms with Gasteiger partial charge in [-0.25, -0.2) is 0 Å². The summed E-state index contributed by atoms with van der Waals surface area (Å²) < 4.78 is 6.58. The molecule has 0 unspecified atom stereocenters. The van der Waals surface area contributed by atoms with Gasteiger partial charge in [-0.15, -0.1) is 0 Å². The third kappa shape index (κ3) is 2.49. The number of hydrogen-bond acceptors (Lipinski definition) is 2. The van der Waals surface area contributed by atoms with Crippen molar-refractivity contribution in [3.63, 3.8) is 0 Å². The van der Waals surface area contributed by atoms with Gasteiger partial charge in [0, 0.05) is 6.42 Å². The van der Waals surface area contributed by atoms with Gasteiger partial charge in [0.05, 0.1) is 17.8 Å². The van der Waals surface area contributed by atoms with Gasteiger partial charge in [-0.1, -0.05) is 53.7 Å². The second-order valence-corrected chi connectivity index (χ2v) is 8.95. The average molecular weight is 292 g/mol. The van der Waals surface area contributed by atoms with E-state index in [2.05, 4.69) is 53.7 Å². The Kier molecular flexibility index (Phi) is 3.57. The molecule has 0 aromatic rings. The summed E-state index contributed by atoms with van der Waals surface area (Å²) in [6.07, 6.45) is 6.61. The number of rotatable bonds is 6. The van der Waals surface area contributed by atoms with Crippen LogP contribution in [0.3, 0.4) is 0 Å². The van der Waals surface area contributed by atoms with E-state index < -0.39 is 0 Å². The van der Waals surface area contributed by atoms with Crippen molar-refractivity contribution in [1.82, 2.24) is 0 Å². The first-order valence-corrected chi connectivity index (χ1v) is 8.74. The first kappa shape index (κ1) is 15.6. The van der Waals surface area contributed by atoms with Gasteiger partial charge in [-0.2, -0.15) is 0 Å². The summed E-state index contributed by atoms with van der Waals surface area (Å²) in [5, 5.41) is 10.2. The summed E-state index contributed by atoms with van der Waals surface area (Å²) in [4.78, 5) is 0. The Morgan fingerprint density at radius 1 is 1.19 bits per heavy atom. The lowest BCUT2D eigenvalue weighted by Gasteiger charge is -2.30. The molecule has 3 rings (SSSR count). The molecule has 0 aromatic carbocycles. The van der Waals surface area contributed by atoms with Crippen LogP contribution in [0.25, 0.3) is 0 Å². The predicted molar refractivity (Wildman–Crippen MR) is 85.9 cm³/mol. The lowest BCUT2D eigenvalue weighted by molar-refractivity contribution is -0.0668. The zero-order chi connectivity index (χ0) is 15.6. The molecule has 0 saturated heterocycles. The zero-order valence-corrected chi connectivity index (χ0v) is 14.5. The molecule has 2 saturated carbocycles. The number of fused-ring (bicyclic) bond motifs is 3. The van der Waals surface area contributed by atoms with E-state index in [0.717, 1.165) is 24.2 Å². The SMILES string of the molecule is CC(C)[C@H](C[C@H](O)C(C)C)O[C@]12C=C[C@H]3[C@@H]([C@H]1C2)C3(C)C. The first-order chi connectivity index (χ1) is 9.69. The van der Waals surface area contributed by atoms with E-state index in [1.807, 2.05) is 0 Å². The van der Waals surface area contributed by atoms with Crippen LogP contribution in [0.5, 0.6) is 0 Å². The van der Waals surface area contributed by atoms with Crippen LogP contribution >= 0.6 is 0 Å². The third-order valence-electron chi connectivity index (χ3n) is 6.38. The normalized spacial score (nSPS) is 41.7. The predicted octanol–water partition coefficient (Wildman–Crippen LogP) is 4.04. The second kappa shape index (κ2) is 4.83. The molecule has 0 heterocycles. The van der Waals surface area contributed by atoms with Gasteiger partial charge in [0.2, 0.25) is 0 Å². The zero-order valence-electron chi connectivity index (χ0n) is 14.5. The Balaban J connectivity index is 1.66. The van der Waals surface area contributed by atoms with Gasteiger partial charge in [-0.3, -0.25) is 0 Å². The van der Waals surface area contributed by atoms with Crippen molar-refractivity contribution in [1.29, 1.82) is 0 Å². The molecule has 3 aliphatic carbocycles. The Morgan fingerprint density at radius 3 is 2.43 bits per heavy atom. The van der Waals surface area contributed by atoms with Crippen LogP contribution in [0, 0.1) is 35.0 Å². The van der Waals surface area contributed by atoms with Crippen molar-refractivity contribution >= 4 is 0 Å². The number of aliphatic hydroxyl groups excluding tert-OH is 1. The molecule has 0 aromatic heterocycles. The van der Waals surface area contributed by atoms with Gasteiger partial charge >= 0.3 is 0 Å². The molecule has 2 nitrogen and oxygen atoms in total. The molecule has 120 valence electrons. The maximum Gasteiger partial charge on any atom is 0.0902 e. The van der Waals surface area contributed by atoms with Gasteiger partial charge in [0.1, 0.15) is 0 Å². The van der Waals surface area contributed by atoms with Gasteiger partial charge in [0.25, 0.3) is 0 Å². The molecule has 3 aliphatic rings. The Bertz CT molecular complexity index is 437. The van der Waals surface area contributed by atoms with Crippen molar-refractivity contribution < 1.29 is 9.84 Å². The summed E-state index contributed by atoms with van der Waals surface area (Å²) in [6.45, 7) is 13.4. The van der Waals surface area contributed by atoms with E-state index in [1.54, 1.807) is 0 Å². The summed E-state index contributed by atoms with van der Waals surface area (Å²) in [7, 11) is 0. The molecule has 6 atom stereocenters. The van der Waals surface area contributed by atoms with Gasteiger partial charge in [-0.05, 0) is 41.4 Å². The molecule has 0 radical (unpaired) electrons. The molecule has 2 heteroatoms. The van der Waals surface area contributed by atoms with Crippen LogP contribution in [0.1, 0.15) is 54.4 Å². The second-order valence-electron chi connectivity index (χ2n) is 8.95. The lowest BCUT2D eigenvalue weighted by Crippen LogP contribution is -2.34. The van der Waals surface area contributed by atoms with Crippen LogP contribution in [-0.4, -0.2) is 22.9 Å². The molecule has 0 amide bonds. The highest BCUT2D eigenvalue weighted by Gasteiger charge is 2.73. The minimum absolute atomic E-state index is 0.000568. The maximum absolute atomic E-state index is 10.2. The molecule has 0 aliphatic heterocycles. The van der Waals surface area contributed by atoms with E-state index in [-0.39, 0.29) is 17.8 Å². The van der Waals surface area contributed by atoms with E-state index >= 15 is 0 Å². The summed E-state index contributed by atoms with van der Waals surface area (Å²) in [5.41, 5.74) is 0.480. The monoisotopic (exact) mass is 292 g/mol. The summed E-state index contributed by atoms with van der Waals surface area (Å²) in [5.74, 6) is 3.08. The third-order valence-corrected chi connectivity index (χ3v) is 6.38. The molecule has 1 N–H and O–H groups in total. The van der Waals surface area contributed by atoms with E-state index in [1.165, 1.54) is 6.42 Å². The van der Waals surface area contributed by atoms with Crippen molar-refractivity contribution in [2.24, 2.45) is 35.0 Å². The Labute approximate surface area is 130 Å². The van der Waals surface area contributed by atoms with Crippen LogP contribution < -0.4 is 0 Å². The fraction of sp³-hybridized carbons (Fsp3) is 0.895. The molecule has 0 spiro atoms. The van der Waals surface area contributed by atoms with Crippen molar-refractivity contribution in [3.8, 4) is 0 Å². The number of allylic oxidation sites excluding steroid dienone is 1. The van der Waals surface area contributed by atoms with Crippen molar-refractivity contribution in [3.05, 3.63) is 12.2 Å². The maximum atomic E-state index is 10.2. The van der Waals surface area contributed by atoms with Crippen LogP contribution in [0.15, 0.2) is 12.2 Å². The number of hydrogen-bond donors (Lipinski definition) is 1. The van der Waals surface area contributed by atoms with Crippen molar-refractivity contribution in [2.45, 2.75) is 72.2 Å².